The lowest BCUT2D eigenvalue weighted by Gasteiger charge is -2.18. The minimum atomic E-state index is -0.770. The Hall–Kier alpha value is -2.63. The molecular weight excluding hydrogens is 877 g/mol. The molecule has 0 aromatic rings. The molecule has 0 fully saturated rings. The van der Waals surface area contributed by atoms with Crippen LogP contribution in [0, 0.1) is 0 Å². The van der Waals surface area contributed by atoms with E-state index in [-0.39, 0.29) is 31.1 Å². The van der Waals surface area contributed by atoms with Crippen LogP contribution in [-0.4, -0.2) is 37.2 Å². The molecule has 1 unspecified atom stereocenters. The highest BCUT2D eigenvalue weighted by atomic mass is 16.6. The van der Waals surface area contributed by atoms with E-state index in [2.05, 4.69) is 69.4 Å². The van der Waals surface area contributed by atoms with Crippen molar-refractivity contribution >= 4 is 17.9 Å². The standard InChI is InChI=1S/C65H118O6/c1-4-7-10-13-16-19-21-23-25-27-29-31-32-34-35-37-39-41-43-46-49-52-55-58-64(67)70-61-62(60-69-63(66)57-54-51-48-45-18-15-12-9-6-3)71-65(68)59-56-53-50-47-44-42-40-38-36-33-30-28-26-24-22-20-17-14-11-8-5-2/h7,10,16,19,23,25,29,31,62H,4-6,8-9,11-15,17-18,20-22,24,26-28,30,32-61H2,1-3H3/b10-7-,19-16-,25-23-,31-29-. The van der Waals surface area contributed by atoms with Crippen LogP contribution in [0.1, 0.15) is 329 Å². The van der Waals surface area contributed by atoms with Gasteiger partial charge in [-0.1, -0.05) is 301 Å². The Balaban J connectivity index is 4.20. The van der Waals surface area contributed by atoms with Crippen LogP contribution in [-0.2, 0) is 28.6 Å². The van der Waals surface area contributed by atoms with Crippen molar-refractivity contribution in [2.75, 3.05) is 13.2 Å². The van der Waals surface area contributed by atoms with Crippen LogP contribution < -0.4 is 0 Å². The van der Waals surface area contributed by atoms with E-state index in [4.69, 9.17) is 14.2 Å². The molecule has 0 heterocycles. The van der Waals surface area contributed by atoms with Gasteiger partial charge in [0.05, 0.1) is 0 Å². The van der Waals surface area contributed by atoms with Crippen molar-refractivity contribution in [3.63, 3.8) is 0 Å². The molecule has 0 aromatic heterocycles. The number of esters is 3. The summed E-state index contributed by atoms with van der Waals surface area (Å²) in [5.74, 6) is -0.857. The van der Waals surface area contributed by atoms with Gasteiger partial charge < -0.3 is 14.2 Å². The summed E-state index contributed by atoms with van der Waals surface area (Å²) in [6, 6.07) is 0. The molecule has 0 aliphatic carbocycles. The second-order valence-electron chi connectivity index (χ2n) is 21.0. The van der Waals surface area contributed by atoms with E-state index < -0.39 is 6.10 Å². The highest BCUT2D eigenvalue weighted by Crippen LogP contribution is 2.17. The second kappa shape index (κ2) is 59.9. The van der Waals surface area contributed by atoms with Gasteiger partial charge in [-0.2, -0.15) is 0 Å². The predicted molar refractivity (Wildman–Crippen MR) is 307 cm³/mol. The summed E-state index contributed by atoms with van der Waals surface area (Å²) in [7, 11) is 0. The Morgan fingerprint density at radius 2 is 0.549 bits per heavy atom. The van der Waals surface area contributed by atoms with E-state index in [1.807, 2.05) is 0 Å². The van der Waals surface area contributed by atoms with Gasteiger partial charge in [-0.05, 0) is 57.8 Å². The summed E-state index contributed by atoms with van der Waals surface area (Å²) < 4.78 is 16.9. The number of rotatable bonds is 57. The first-order valence-corrected chi connectivity index (χ1v) is 31.1. The van der Waals surface area contributed by atoms with E-state index >= 15 is 0 Å². The third-order valence-corrected chi connectivity index (χ3v) is 13.8. The van der Waals surface area contributed by atoms with E-state index in [1.165, 1.54) is 205 Å². The molecular formula is C65H118O6. The summed E-state index contributed by atoms with van der Waals surface area (Å²) in [4.78, 5) is 38.1. The lowest BCUT2D eigenvalue weighted by molar-refractivity contribution is -0.167. The van der Waals surface area contributed by atoms with Gasteiger partial charge in [-0.3, -0.25) is 14.4 Å². The number of unbranched alkanes of at least 4 members (excludes halogenated alkanes) is 38. The molecule has 0 rings (SSSR count). The van der Waals surface area contributed by atoms with Gasteiger partial charge in [0, 0.05) is 19.3 Å². The molecule has 0 spiro atoms. The Morgan fingerprint density at radius 1 is 0.296 bits per heavy atom. The van der Waals surface area contributed by atoms with E-state index in [0.717, 1.165) is 83.5 Å². The fourth-order valence-corrected chi connectivity index (χ4v) is 9.20. The number of carbonyl (C=O) groups excluding carboxylic acids is 3. The first-order valence-electron chi connectivity index (χ1n) is 31.1. The second-order valence-corrected chi connectivity index (χ2v) is 21.0. The number of hydrogen-bond acceptors (Lipinski definition) is 6. The highest BCUT2D eigenvalue weighted by Gasteiger charge is 2.19. The van der Waals surface area contributed by atoms with Crippen LogP contribution in [0.4, 0.5) is 0 Å². The van der Waals surface area contributed by atoms with Crippen molar-refractivity contribution in [2.45, 2.75) is 335 Å². The maximum atomic E-state index is 12.9. The fourth-order valence-electron chi connectivity index (χ4n) is 9.20. The van der Waals surface area contributed by atoms with Crippen LogP contribution in [0.2, 0.25) is 0 Å². The molecule has 0 radical (unpaired) electrons. The van der Waals surface area contributed by atoms with Crippen LogP contribution in [0.5, 0.6) is 0 Å². The molecule has 0 aliphatic heterocycles. The van der Waals surface area contributed by atoms with Crippen LogP contribution in [0.25, 0.3) is 0 Å². The van der Waals surface area contributed by atoms with E-state index in [0.29, 0.717) is 19.3 Å². The lowest BCUT2D eigenvalue weighted by Crippen LogP contribution is -2.30. The zero-order valence-electron chi connectivity index (χ0n) is 47.5. The summed E-state index contributed by atoms with van der Waals surface area (Å²) >= 11 is 0. The third-order valence-electron chi connectivity index (χ3n) is 13.8. The molecule has 0 amide bonds. The van der Waals surface area contributed by atoms with Gasteiger partial charge in [0.15, 0.2) is 6.10 Å². The number of allylic oxidation sites excluding steroid dienone is 8. The minimum Gasteiger partial charge on any atom is -0.462 e. The number of hydrogen-bond donors (Lipinski definition) is 0. The number of ether oxygens (including phenoxy) is 3. The van der Waals surface area contributed by atoms with Crippen molar-refractivity contribution in [1.29, 1.82) is 0 Å². The molecule has 0 aliphatic rings. The molecule has 6 nitrogen and oxygen atoms in total. The maximum Gasteiger partial charge on any atom is 0.306 e. The molecule has 0 saturated carbocycles. The molecule has 6 heteroatoms. The molecule has 414 valence electrons. The average Bonchev–Trinajstić information content (AvgIpc) is 3.37. The van der Waals surface area contributed by atoms with Crippen LogP contribution in [0.3, 0.4) is 0 Å². The van der Waals surface area contributed by atoms with Crippen molar-refractivity contribution in [3.8, 4) is 0 Å². The predicted octanol–water partition coefficient (Wildman–Crippen LogP) is 21.0. The normalized spacial score (nSPS) is 12.3. The maximum absolute atomic E-state index is 12.9. The Labute approximate surface area is 441 Å². The minimum absolute atomic E-state index is 0.0696. The Kier molecular flexibility index (Phi) is 57.7. The van der Waals surface area contributed by atoms with Gasteiger partial charge in [0.2, 0.25) is 0 Å². The van der Waals surface area contributed by atoms with E-state index in [9.17, 15) is 14.4 Å². The molecule has 0 saturated heterocycles. The van der Waals surface area contributed by atoms with Crippen LogP contribution >= 0.6 is 0 Å². The SMILES string of the molecule is CC/C=C\C/C=C\C/C=C\C/C=C\CCCCCCCCCCCCC(=O)OCC(COC(=O)CCCCCCCCCCC)OC(=O)CCCCCCCCCCCCCCCCCCCCCCC. The quantitative estimate of drug-likeness (QED) is 0.0261. The van der Waals surface area contributed by atoms with E-state index in [1.54, 1.807) is 0 Å². The molecule has 0 N–H and O–H groups in total. The van der Waals surface area contributed by atoms with Crippen molar-refractivity contribution in [3.05, 3.63) is 48.6 Å². The summed E-state index contributed by atoms with van der Waals surface area (Å²) in [5, 5.41) is 0. The van der Waals surface area contributed by atoms with Gasteiger partial charge in [-0.15, -0.1) is 0 Å². The van der Waals surface area contributed by atoms with Gasteiger partial charge in [-0.25, -0.2) is 0 Å². The molecule has 71 heavy (non-hydrogen) atoms. The van der Waals surface area contributed by atoms with Crippen molar-refractivity contribution < 1.29 is 28.6 Å². The summed E-state index contributed by atoms with van der Waals surface area (Å²) in [5.41, 5.74) is 0. The zero-order chi connectivity index (χ0) is 51.4. The topological polar surface area (TPSA) is 78.9 Å². The average molecular weight is 996 g/mol. The summed E-state index contributed by atoms with van der Waals surface area (Å²) in [6.45, 7) is 6.56. The third kappa shape index (κ3) is 58.1. The Bertz CT molecular complexity index is 1230. The smallest absolute Gasteiger partial charge is 0.306 e. The molecule has 0 aromatic carbocycles. The number of carbonyl (C=O) groups is 3. The van der Waals surface area contributed by atoms with Crippen LogP contribution in [0.15, 0.2) is 48.6 Å². The fraction of sp³-hybridized carbons (Fsp3) is 0.831. The first kappa shape index (κ1) is 68.4. The van der Waals surface area contributed by atoms with Crippen molar-refractivity contribution in [2.24, 2.45) is 0 Å². The lowest BCUT2D eigenvalue weighted by atomic mass is 10.0. The monoisotopic (exact) mass is 995 g/mol. The van der Waals surface area contributed by atoms with Gasteiger partial charge in [0.1, 0.15) is 13.2 Å². The molecule has 1 atom stereocenters. The molecule has 0 bridgehead atoms. The highest BCUT2D eigenvalue weighted by molar-refractivity contribution is 5.71. The first-order chi connectivity index (χ1) is 35.0. The summed E-state index contributed by atoms with van der Waals surface area (Å²) in [6.07, 6.45) is 74.1. The largest absolute Gasteiger partial charge is 0.462 e. The Morgan fingerprint density at radius 3 is 0.859 bits per heavy atom. The van der Waals surface area contributed by atoms with Crippen molar-refractivity contribution in [1.82, 2.24) is 0 Å². The van der Waals surface area contributed by atoms with Gasteiger partial charge in [0.25, 0.3) is 0 Å². The zero-order valence-corrected chi connectivity index (χ0v) is 47.5. The van der Waals surface area contributed by atoms with Gasteiger partial charge >= 0.3 is 17.9 Å².